The van der Waals surface area contributed by atoms with Crippen LogP contribution < -0.4 is 10.1 Å². The second kappa shape index (κ2) is 10.7. The molecule has 0 aliphatic carbocycles. The number of carbonyl (C=O) groups is 1. The fourth-order valence-corrected chi connectivity index (χ4v) is 3.10. The number of rotatable bonds is 10. The van der Waals surface area contributed by atoms with Gasteiger partial charge in [0.1, 0.15) is 11.4 Å². The molecule has 5 nitrogen and oxygen atoms in total. The van der Waals surface area contributed by atoms with Crippen molar-refractivity contribution >= 4 is 11.6 Å². The molecular formula is C22H36N2O3. The first-order chi connectivity index (χ1) is 12.9. The highest BCUT2D eigenvalue weighted by molar-refractivity contribution is 5.96. The highest BCUT2D eigenvalue weighted by atomic mass is 16.5. The number of amides is 1. The maximum atomic E-state index is 12.3. The summed E-state index contributed by atoms with van der Waals surface area (Å²) in [5, 5.41) is 2.91. The summed E-state index contributed by atoms with van der Waals surface area (Å²) in [5.41, 5.74) is -0.0831. The molecule has 1 amide bonds. The van der Waals surface area contributed by atoms with E-state index < -0.39 is 5.60 Å². The summed E-state index contributed by atoms with van der Waals surface area (Å²) < 4.78 is 11.5. The summed E-state index contributed by atoms with van der Waals surface area (Å²) in [5.74, 6) is 1.57. The van der Waals surface area contributed by atoms with Crippen LogP contribution in [0.5, 0.6) is 5.75 Å². The lowest BCUT2D eigenvalue weighted by Gasteiger charge is -2.30. The van der Waals surface area contributed by atoms with Crippen LogP contribution in [0.25, 0.3) is 0 Å². The zero-order valence-corrected chi connectivity index (χ0v) is 17.4. The molecule has 1 N–H and O–H groups in total. The number of anilines is 1. The first kappa shape index (κ1) is 21.7. The number of likely N-dealkylation sites (tertiary alicyclic amines) is 1. The minimum atomic E-state index is -0.836. The Labute approximate surface area is 164 Å². The molecule has 2 rings (SSSR count). The van der Waals surface area contributed by atoms with Crippen LogP contribution in [0, 0.1) is 5.92 Å². The van der Waals surface area contributed by atoms with E-state index in [4.69, 9.17) is 9.47 Å². The monoisotopic (exact) mass is 376 g/mol. The second-order valence-electron chi connectivity index (χ2n) is 8.06. The number of hydrogen-bond acceptors (Lipinski definition) is 4. The van der Waals surface area contributed by atoms with E-state index in [1.807, 2.05) is 31.2 Å². The molecule has 1 aliphatic heterocycles. The Kier molecular flexibility index (Phi) is 8.58. The molecule has 0 spiro atoms. The van der Waals surface area contributed by atoms with Gasteiger partial charge in [0, 0.05) is 18.8 Å². The van der Waals surface area contributed by atoms with E-state index in [0.29, 0.717) is 6.61 Å². The van der Waals surface area contributed by atoms with Gasteiger partial charge < -0.3 is 19.7 Å². The van der Waals surface area contributed by atoms with Gasteiger partial charge in [0.25, 0.3) is 5.91 Å². The van der Waals surface area contributed by atoms with Gasteiger partial charge in [0.05, 0.1) is 6.61 Å². The SMILES string of the molecule is CCCOC(C)(C)C(=O)Nc1ccc(OCCCN2CCC(C)CC2)cc1. The van der Waals surface area contributed by atoms with Crippen LogP contribution >= 0.6 is 0 Å². The number of nitrogens with one attached hydrogen (secondary N) is 1. The van der Waals surface area contributed by atoms with Crippen LogP contribution in [0.2, 0.25) is 0 Å². The molecule has 0 unspecified atom stereocenters. The van der Waals surface area contributed by atoms with Crippen molar-refractivity contribution in [2.75, 3.05) is 38.2 Å². The van der Waals surface area contributed by atoms with E-state index in [9.17, 15) is 4.79 Å². The van der Waals surface area contributed by atoms with E-state index in [2.05, 4.69) is 17.1 Å². The molecule has 0 aromatic heterocycles. The minimum Gasteiger partial charge on any atom is -0.494 e. The molecule has 0 bridgehead atoms. The van der Waals surface area contributed by atoms with Crippen LogP contribution in [0.3, 0.4) is 0 Å². The summed E-state index contributed by atoms with van der Waals surface area (Å²) in [4.78, 5) is 14.9. The van der Waals surface area contributed by atoms with E-state index in [-0.39, 0.29) is 5.91 Å². The average molecular weight is 377 g/mol. The minimum absolute atomic E-state index is 0.138. The van der Waals surface area contributed by atoms with Crippen LogP contribution in [-0.2, 0) is 9.53 Å². The Morgan fingerprint density at radius 3 is 2.48 bits per heavy atom. The van der Waals surface area contributed by atoms with Crippen LogP contribution in [-0.4, -0.2) is 49.3 Å². The molecule has 1 heterocycles. The lowest BCUT2D eigenvalue weighted by atomic mass is 9.99. The number of piperidine rings is 1. The van der Waals surface area contributed by atoms with E-state index in [1.54, 1.807) is 13.8 Å². The van der Waals surface area contributed by atoms with Gasteiger partial charge in [-0.15, -0.1) is 0 Å². The second-order valence-corrected chi connectivity index (χ2v) is 8.06. The van der Waals surface area contributed by atoms with Crippen molar-refractivity contribution in [1.82, 2.24) is 4.90 Å². The average Bonchev–Trinajstić information content (AvgIpc) is 2.66. The quantitative estimate of drug-likeness (QED) is 0.618. The van der Waals surface area contributed by atoms with Gasteiger partial charge in [-0.3, -0.25) is 4.79 Å². The highest BCUT2D eigenvalue weighted by Crippen LogP contribution is 2.19. The molecule has 5 heteroatoms. The van der Waals surface area contributed by atoms with Crippen LogP contribution in [0.1, 0.15) is 53.4 Å². The van der Waals surface area contributed by atoms with Gasteiger partial charge in [-0.1, -0.05) is 13.8 Å². The van der Waals surface area contributed by atoms with Crippen molar-refractivity contribution in [2.45, 2.75) is 59.0 Å². The normalized spacial score (nSPS) is 16.3. The van der Waals surface area contributed by atoms with Crippen molar-refractivity contribution in [3.8, 4) is 5.75 Å². The smallest absolute Gasteiger partial charge is 0.256 e. The molecule has 0 saturated carbocycles. The molecule has 0 atom stereocenters. The number of nitrogens with zero attached hydrogens (tertiary/aromatic N) is 1. The Morgan fingerprint density at radius 2 is 1.85 bits per heavy atom. The van der Waals surface area contributed by atoms with E-state index >= 15 is 0 Å². The third-order valence-corrected chi connectivity index (χ3v) is 5.09. The maximum absolute atomic E-state index is 12.3. The first-order valence-corrected chi connectivity index (χ1v) is 10.3. The largest absolute Gasteiger partial charge is 0.494 e. The highest BCUT2D eigenvalue weighted by Gasteiger charge is 2.28. The van der Waals surface area contributed by atoms with Crippen molar-refractivity contribution < 1.29 is 14.3 Å². The molecule has 27 heavy (non-hydrogen) atoms. The number of benzene rings is 1. The Hall–Kier alpha value is -1.59. The molecule has 1 aliphatic rings. The molecule has 1 aromatic rings. The van der Waals surface area contributed by atoms with Gasteiger partial charge in [-0.05, 0) is 82.8 Å². The van der Waals surface area contributed by atoms with Crippen LogP contribution in [0.4, 0.5) is 5.69 Å². The van der Waals surface area contributed by atoms with Gasteiger partial charge in [-0.25, -0.2) is 0 Å². The van der Waals surface area contributed by atoms with Gasteiger partial charge in [0.15, 0.2) is 0 Å². The number of hydrogen-bond donors (Lipinski definition) is 1. The van der Waals surface area contributed by atoms with E-state index in [0.717, 1.165) is 43.3 Å². The van der Waals surface area contributed by atoms with Crippen molar-refractivity contribution in [3.05, 3.63) is 24.3 Å². The van der Waals surface area contributed by atoms with Gasteiger partial charge in [-0.2, -0.15) is 0 Å². The summed E-state index contributed by atoms with van der Waals surface area (Å²) in [6.07, 6.45) is 4.55. The molecule has 0 radical (unpaired) electrons. The molecule has 1 aromatic carbocycles. The maximum Gasteiger partial charge on any atom is 0.256 e. The Bertz CT molecular complexity index is 563. The molecule has 1 fully saturated rings. The first-order valence-electron chi connectivity index (χ1n) is 10.3. The predicted octanol–water partition coefficient (Wildman–Crippen LogP) is 4.33. The van der Waals surface area contributed by atoms with Crippen LogP contribution in [0.15, 0.2) is 24.3 Å². The summed E-state index contributed by atoms with van der Waals surface area (Å²) in [6, 6.07) is 7.54. The fraction of sp³-hybridized carbons (Fsp3) is 0.682. The van der Waals surface area contributed by atoms with Crippen molar-refractivity contribution in [1.29, 1.82) is 0 Å². The fourth-order valence-electron chi connectivity index (χ4n) is 3.10. The Morgan fingerprint density at radius 1 is 1.19 bits per heavy atom. The topological polar surface area (TPSA) is 50.8 Å². The summed E-state index contributed by atoms with van der Waals surface area (Å²) in [6.45, 7) is 12.8. The molecular weight excluding hydrogens is 340 g/mol. The number of ether oxygens (including phenoxy) is 2. The third kappa shape index (κ3) is 7.51. The standard InChI is InChI=1S/C22H36N2O3/c1-5-16-27-22(3,4)21(25)23-19-7-9-20(10-8-19)26-17-6-13-24-14-11-18(2)12-15-24/h7-10,18H,5-6,11-17H2,1-4H3,(H,23,25). The third-order valence-electron chi connectivity index (χ3n) is 5.09. The summed E-state index contributed by atoms with van der Waals surface area (Å²) >= 11 is 0. The number of carbonyl (C=O) groups excluding carboxylic acids is 1. The predicted molar refractivity (Wildman–Crippen MR) is 110 cm³/mol. The Balaban J connectivity index is 1.69. The zero-order chi connectivity index (χ0) is 19.7. The lowest BCUT2D eigenvalue weighted by molar-refractivity contribution is -0.137. The molecule has 1 saturated heterocycles. The summed E-state index contributed by atoms with van der Waals surface area (Å²) in [7, 11) is 0. The van der Waals surface area contributed by atoms with Crippen molar-refractivity contribution in [3.63, 3.8) is 0 Å². The van der Waals surface area contributed by atoms with Crippen molar-refractivity contribution in [2.24, 2.45) is 5.92 Å². The zero-order valence-electron chi connectivity index (χ0n) is 17.4. The lowest BCUT2D eigenvalue weighted by Crippen LogP contribution is -2.40. The molecule has 152 valence electrons. The van der Waals surface area contributed by atoms with E-state index in [1.165, 1.54) is 25.9 Å². The van der Waals surface area contributed by atoms with Gasteiger partial charge in [0.2, 0.25) is 0 Å². The van der Waals surface area contributed by atoms with Gasteiger partial charge >= 0.3 is 0 Å².